The Morgan fingerprint density at radius 1 is 1.65 bits per heavy atom. The van der Waals surface area contributed by atoms with E-state index in [1.165, 1.54) is 0 Å². The molecule has 2 amide bonds. The normalized spacial score (nSPS) is 19.5. The Morgan fingerprint density at radius 2 is 2.53 bits per heavy atom. The van der Waals surface area contributed by atoms with Crippen molar-refractivity contribution in [2.24, 2.45) is 0 Å². The van der Waals surface area contributed by atoms with E-state index in [4.69, 9.17) is 4.74 Å². The third-order valence-electron chi connectivity index (χ3n) is 2.36. The summed E-state index contributed by atoms with van der Waals surface area (Å²) < 4.78 is 4.98. The number of carbonyl (C=O) groups is 2. The third kappa shape index (κ3) is 3.25. The van der Waals surface area contributed by atoms with Gasteiger partial charge in [-0.25, -0.2) is 0 Å². The van der Waals surface area contributed by atoms with E-state index < -0.39 is 6.04 Å². The second-order valence-corrected chi connectivity index (χ2v) is 3.71. The molecular weight excluding hydrogens is 222 g/mol. The van der Waals surface area contributed by atoms with E-state index in [0.29, 0.717) is 6.54 Å². The van der Waals surface area contributed by atoms with Crippen LogP contribution in [0.4, 0.5) is 0 Å². The summed E-state index contributed by atoms with van der Waals surface area (Å²) in [6, 6.07) is 3.06. The number of amides is 2. The topological polar surface area (TPSA) is 80.3 Å². The molecule has 90 valence electrons. The van der Waals surface area contributed by atoms with Gasteiger partial charge in [0.15, 0.2) is 0 Å². The van der Waals surface area contributed by atoms with E-state index in [0.717, 1.165) is 5.56 Å². The second-order valence-electron chi connectivity index (χ2n) is 3.71. The van der Waals surface area contributed by atoms with Crippen molar-refractivity contribution in [2.75, 3.05) is 13.2 Å². The van der Waals surface area contributed by atoms with Crippen LogP contribution in [0.1, 0.15) is 5.56 Å². The van der Waals surface area contributed by atoms with Crippen molar-refractivity contribution in [3.63, 3.8) is 0 Å². The maximum Gasteiger partial charge on any atom is 0.246 e. The first-order valence-electron chi connectivity index (χ1n) is 5.29. The molecule has 1 aliphatic heterocycles. The van der Waals surface area contributed by atoms with Gasteiger partial charge in [-0.05, 0) is 11.6 Å². The molecule has 1 fully saturated rings. The quantitative estimate of drug-likeness (QED) is 0.719. The van der Waals surface area contributed by atoms with Crippen molar-refractivity contribution in [3.05, 3.63) is 30.1 Å². The van der Waals surface area contributed by atoms with E-state index in [9.17, 15) is 9.59 Å². The van der Waals surface area contributed by atoms with Crippen LogP contribution in [0.5, 0.6) is 0 Å². The lowest BCUT2D eigenvalue weighted by Gasteiger charge is -2.22. The lowest BCUT2D eigenvalue weighted by molar-refractivity contribution is -0.138. The first-order valence-corrected chi connectivity index (χ1v) is 5.29. The van der Waals surface area contributed by atoms with Crippen molar-refractivity contribution < 1.29 is 14.3 Å². The molecule has 0 saturated carbocycles. The van der Waals surface area contributed by atoms with Gasteiger partial charge in [0.25, 0.3) is 0 Å². The zero-order valence-electron chi connectivity index (χ0n) is 9.18. The summed E-state index contributed by atoms with van der Waals surface area (Å²) in [4.78, 5) is 26.7. The van der Waals surface area contributed by atoms with Crippen molar-refractivity contribution in [2.45, 2.75) is 12.6 Å². The molecule has 6 nitrogen and oxygen atoms in total. The summed E-state index contributed by atoms with van der Waals surface area (Å²) in [7, 11) is 0. The van der Waals surface area contributed by atoms with Gasteiger partial charge in [0.2, 0.25) is 11.8 Å². The van der Waals surface area contributed by atoms with Crippen LogP contribution in [-0.2, 0) is 20.9 Å². The lowest BCUT2D eigenvalue weighted by atomic mass is 10.2. The molecule has 1 aromatic heterocycles. The van der Waals surface area contributed by atoms with E-state index >= 15 is 0 Å². The molecule has 6 heteroatoms. The molecule has 0 bridgehead atoms. The molecule has 1 aliphatic rings. The standard InChI is InChI=1S/C11H13N3O3/c15-10-7-17-6-9(14-10)11(16)13-5-8-2-1-3-12-4-8/h1-4,9H,5-7H2,(H,13,16)(H,14,15). The molecule has 2 rings (SSSR count). The number of carbonyl (C=O) groups excluding carboxylic acids is 2. The first-order chi connectivity index (χ1) is 8.25. The molecule has 1 unspecified atom stereocenters. The highest BCUT2D eigenvalue weighted by Gasteiger charge is 2.24. The number of morpholine rings is 1. The van der Waals surface area contributed by atoms with Gasteiger partial charge in [-0.3, -0.25) is 14.6 Å². The van der Waals surface area contributed by atoms with Crippen LogP contribution < -0.4 is 10.6 Å². The maximum absolute atomic E-state index is 11.7. The predicted molar refractivity (Wildman–Crippen MR) is 58.8 cm³/mol. The van der Waals surface area contributed by atoms with Gasteiger partial charge in [0, 0.05) is 18.9 Å². The van der Waals surface area contributed by atoms with Gasteiger partial charge >= 0.3 is 0 Å². The number of nitrogens with zero attached hydrogens (tertiary/aromatic N) is 1. The van der Waals surface area contributed by atoms with Crippen LogP contribution in [0.25, 0.3) is 0 Å². The van der Waals surface area contributed by atoms with Gasteiger partial charge in [-0.15, -0.1) is 0 Å². The van der Waals surface area contributed by atoms with Crippen LogP contribution in [0.15, 0.2) is 24.5 Å². The highest BCUT2D eigenvalue weighted by Crippen LogP contribution is 1.97. The Balaban J connectivity index is 1.83. The third-order valence-corrected chi connectivity index (χ3v) is 2.36. The zero-order valence-corrected chi connectivity index (χ0v) is 9.18. The number of ether oxygens (including phenoxy) is 1. The summed E-state index contributed by atoms with van der Waals surface area (Å²) in [5.74, 6) is -0.514. The number of nitrogens with one attached hydrogen (secondary N) is 2. The van der Waals surface area contributed by atoms with E-state index in [-0.39, 0.29) is 25.0 Å². The number of hydrogen-bond donors (Lipinski definition) is 2. The largest absolute Gasteiger partial charge is 0.369 e. The first kappa shape index (κ1) is 11.5. The molecular formula is C11H13N3O3. The number of aromatic nitrogens is 1. The van der Waals surface area contributed by atoms with Gasteiger partial charge in [-0.1, -0.05) is 6.07 Å². The average molecular weight is 235 g/mol. The molecule has 1 saturated heterocycles. The zero-order chi connectivity index (χ0) is 12.1. The Kier molecular flexibility index (Phi) is 3.66. The fourth-order valence-corrected chi connectivity index (χ4v) is 1.50. The molecule has 2 N–H and O–H groups in total. The molecule has 1 atom stereocenters. The molecule has 0 radical (unpaired) electrons. The number of rotatable bonds is 3. The van der Waals surface area contributed by atoms with Crippen molar-refractivity contribution in [1.82, 2.24) is 15.6 Å². The van der Waals surface area contributed by atoms with Gasteiger partial charge in [0.05, 0.1) is 6.61 Å². The van der Waals surface area contributed by atoms with Crippen molar-refractivity contribution in [3.8, 4) is 0 Å². The average Bonchev–Trinajstić information content (AvgIpc) is 2.37. The number of pyridine rings is 1. The fourth-order valence-electron chi connectivity index (χ4n) is 1.50. The minimum Gasteiger partial charge on any atom is -0.369 e. The number of hydrogen-bond acceptors (Lipinski definition) is 4. The minimum atomic E-state index is -0.604. The van der Waals surface area contributed by atoms with Crippen molar-refractivity contribution >= 4 is 11.8 Å². The SMILES string of the molecule is O=C1COCC(C(=O)NCc2cccnc2)N1. The molecule has 1 aromatic rings. The molecule has 17 heavy (non-hydrogen) atoms. The van der Waals surface area contributed by atoms with Crippen LogP contribution >= 0.6 is 0 Å². The summed E-state index contributed by atoms with van der Waals surface area (Å²) in [5, 5.41) is 5.28. The van der Waals surface area contributed by atoms with E-state index in [2.05, 4.69) is 15.6 Å². The van der Waals surface area contributed by atoms with Crippen LogP contribution in [0.3, 0.4) is 0 Å². The van der Waals surface area contributed by atoms with Crippen molar-refractivity contribution in [1.29, 1.82) is 0 Å². The molecule has 0 spiro atoms. The highest BCUT2D eigenvalue weighted by atomic mass is 16.5. The molecule has 0 aliphatic carbocycles. The van der Waals surface area contributed by atoms with E-state index in [1.54, 1.807) is 18.5 Å². The Labute approximate surface area is 98.4 Å². The Bertz CT molecular complexity index is 408. The summed E-state index contributed by atoms with van der Waals surface area (Å²) >= 11 is 0. The fraction of sp³-hybridized carbons (Fsp3) is 0.364. The van der Waals surface area contributed by atoms with E-state index in [1.807, 2.05) is 6.07 Å². The second kappa shape index (κ2) is 5.40. The summed E-state index contributed by atoms with van der Waals surface area (Å²) in [5.41, 5.74) is 0.906. The molecule has 0 aromatic carbocycles. The summed E-state index contributed by atoms with van der Waals surface area (Å²) in [6.07, 6.45) is 3.34. The Morgan fingerprint density at radius 3 is 3.24 bits per heavy atom. The van der Waals surface area contributed by atoms with Crippen LogP contribution in [0.2, 0.25) is 0 Å². The smallest absolute Gasteiger partial charge is 0.246 e. The Hall–Kier alpha value is -1.95. The minimum absolute atomic E-state index is 0.0202. The van der Waals surface area contributed by atoms with Gasteiger partial charge in [0.1, 0.15) is 12.6 Å². The lowest BCUT2D eigenvalue weighted by Crippen LogP contribution is -2.53. The predicted octanol–water partition coefficient (Wildman–Crippen LogP) is -0.787. The maximum atomic E-state index is 11.7. The van der Waals surface area contributed by atoms with Gasteiger partial charge in [-0.2, -0.15) is 0 Å². The van der Waals surface area contributed by atoms with Gasteiger partial charge < -0.3 is 15.4 Å². The summed E-state index contributed by atoms with van der Waals surface area (Å²) in [6.45, 7) is 0.621. The highest BCUT2D eigenvalue weighted by molar-refractivity contribution is 5.88. The van der Waals surface area contributed by atoms with Crippen LogP contribution in [-0.4, -0.2) is 36.1 Å². The molecule has 2 heterocycles. The van der Waals surface area contributed by atoms with Crippen LogP contribution in [0, 0.1) is 0 Å². The monoisotopic (exact) mass is 235 g/mol.